The predicted octanol–water partition coefficient (Wildman–Crippen LogP) is 2.46. The maximum Gasteiger partial charge on any atom is 0.408 e. The molecule has 7 nitrogen and oxygen atoms in total. The van der Waals surface area contributed by atoms with E-state index in [-0.39, 0.29) is 18.9 Å². The normalized spacial score (nSPS) is 12.7. The predicted molar refractivity (Wildman–Crippen MR) is 114 cm³/mol. The summed E-state index contributed by atoms with van der Waals surface area (Å²) in [6.45, 7) is 5.63. The van der Waals surface area contributed by atoms with Crippen LogP contribution in [0.2, 0.25) is 0 Å². The minimum Gasteiger partial charge on any atom is -0.445 e. The van der Waals surface area contributed by atoms with Gasteiger partial charge in [0.05, 0.1) is 0 Å². The summed E-state index contributed by atoms with van der Waals surface area (Å²) in [5.74, 6) is -1.35. The van der Waals surface area contributed by atoms with Gasteiger partial charge in [-0.2, -0.15) is 0 Å². The van der Waals surface area contributed by atoms with E-state index in [1.807, 2.05) is 61.5 Å². The Morgan fingerprint density at radius 1 is 0.967 bits per heavy atom. The molecule has 7 heteroatoms. The van der Waals surface area contributed by atoms with Crippen LogP contribution < -0.4 is 16.4 Å². The van der Waals surface area contributed by atoms with Crippen molar-refractivity contribution in [3.8, 4) is 0 Å². The van der Waals surface area contributed by atoms with Gasteiger partial charge in [-0.15, -0.1) is 0 Å². The summed E-state index contributed by atoms with van der Waals surface area (Å²) in [5, 5.41) is 5.24. The van der Waals surface area contributed by atoms with Crippen LogP contribution in [0.25, 0.3) is 0 Å². The van der Waals surface area contributed by atoms with Gasteiger partial charge >= 0.3 is 6.09 Å². The molecule has 2 rings (SSSR count). The number of alkyl carbamates (subject to hydrolysis) is 1. The first-order valence-corrected chi connectivity index (χ1v) is 9.88. The molecule has 0 aromatic heterocycles. The summed E-state index contributed by atoms with van der Waals surface area (Å²) in [7, 11) is 0. The molecule has 2 atom stereocenters. The van der Waals surface area contributed by atoms with Crippen LogP contribution in [0.5, 0.6) is 0 Å². The van der Waals surface area contributed by atoms with Gasteiger partial charge in [0.1, 0.15) is 18.7 Å². The number of benzene rings is 2. The monoisotopic (exact) mass is 411 g/mol. The number of primary amides is 1. The second kappa shape index (κ2) is 11.0. The third-order valence-electron chi connectivity index (χ3n) is 4.62. The minimum absolute atomic E-state index is 0.0936. The molecule has 0 spiro atoms. The van der Waals surface area contributed by atoms with E-state index >= 15 is 0 Å². The SMILES string of the molecule is Cc1cccc(C[C@@H](NC(=O)[C@H](NC(=O)OCc2ccccc2)C(C)C)C(N)=O)c1. The minimum atomic E-state index is -0.886. The van der Waals surface area contributed by atoms with Gasteiger partial charge in [-0.25, -0.2) is 4.79 Å². The van der Waals surface area contributed by atoms with Crippen LogP contribution in [0.1, 0.15) is 30.5 Å². The van der Waals surface area contributed by atoms with E-state index < -0.39 is 30.0 Å². The number of rotatable bonds is 9. The highest BCUT2D eigenvalue weighted by Crippen LogP contribution is 2.09. The molecule has 0 radical (unpaired) electrons. The summed E-state index contributed by atoms with van der Waals surface area (Å²) in [4.78, 5) is 36.8. The van der Waals surface area contributed by atoms with Crippen LogP contribution in [0.15, 0.2) is 54.6 Å². The van der Waals surface area contributed by atoms with Crippen LogP contribution in [-0.2, 0) is 27.4 Å². The number of aryl methyl sites for hydroxylation is 1. The lowest BCUT2D eigenvalue weighted by Gasteiger charge is -2.24. The molecule has 160 valence electrons. The second-order valence-corrected chi connectivity index (χ2v) is 7.58. The first-order chi connectivity index (χ1) is 14.3. The van der Waals surface area contributed by atoms with Crippen molar-refractivity contribution in [2.75, 3.05) is 0 Å². The maximum atomic E-state index is 12.8. The van der Waals surface area contributed by atoms with Gasteiger partial charge in [-0.3, -0.25) is 9.59 Å². The molecule has 30 heavy (non-hydrogen) atoms. The lowest BCUT2D eigenvalue weighted by atomic mass is 10.0. The van der Waals surface area contributed by atoms with Crippen LogP contribution in [0.4, 0.5) is 4.79 Å². The summed E-state index contributed by atoms with van der Waals surface area (Å²) in [6, 6.07) is 15.1. The van der Waals surface area contributed by atoms with Gasteiger partial charge in [-0.1, -0.05) is 74.0 Å². The number of hydrogen-bond donors (Lipinski definition) is 3. The number of nitrogens with one attached hydrogen (secondary N) is 2. The van der Waals surface area contributed by atoms with Gasteiger partial charge in [0.15, 0.2) is 0 Å². The van der Waals surface area contributed by atoms with Crippen molar-refractivity contribution in [2.24, 2.45) is 11.7 Å². The van der Waals surface area contributed by atoms with Gasteiger partial charge in [0, 0.05) is 6.42 Å². The fourth-order valence-electron chi connectivity index (χ4n) is 2.99. The third kappa shape index (κ3) is 7.24. The molecule has 0 fully saturated rings. The molecule has 0 aliphatic carbocycles. The number of nitrogens with two attached hydrogens (primary N) is 1. The third-order valence-corrected chi connectivity index (χ3v) is 4.62. The number of ether oxygens (including phenoxy) is 1. The molecule has 2 aromatic carbocycles. The highest BCUT2D eigenvalue weighted by Gasteiger charge is 2.28. The summed E-state index contributed by atoms with van der Waals surface area (Å²) < 4.78 is 5.20. The van der Waals surface area contributed by atoms with Crippen molar-refractivity contribution in [1.29, 1.82) is 0 Å². The molecule has 0 bridgehead atoms. The number of carbonyl (C=O) groups is 3. The van der Waals surface area contributed by atoms with Gasteiger partial charge in [0.25, 0.3) is 0 Å². The van der Waals surface area contributed by atoms with Crippen molar-refractivity contribution in [3.05, 3.63) is 71.3 Å². The molecule has 4 N–H and O–H groups in total. The molecular weight excluding hydrogens is 382 g/mol. The number of hydrogen-bond acceptors (Lipinski definition) is 4. The van der Waals surface area contributed by atoms with E-state index in [0.717, 1.165) is 16.7 Å². The fourth-order valence-corrected chi connectivity index (χ4v) is 2.99. The lowest BCUT2D eigenvalue weighted by Crippen LogP contribution is -2.55. The topological polar surface area (TPSA) is 111 Å². The zero-order valence-electron chi connectivity index (χ0n) is 17.6. The molecule has 0 heterocycles. The van der Waals surface area contributed by atoms with Crippen LogP contribution in [0, 0.1) is 12.8 Å². The first-order valence-electron chi connectivity index (χ1n) is 9.88. The molecule has 0 unspecified atom stereocenters. The second-order valence-electron chi connectivity index (χ2n) is 7.58. The Kier molecular flexibility index (Phi) is 8.41. The van der Waals surface area contributed by atoms with Crippen LogP contribution in [-0.4, -0.2) is 30.0 Å². The Balaban J connectivity index is 1.98. The highest BCUT2D eigenvalue weighted by atomic mass is 16.5. The molecule has 0 saturated heterocycles. The Labute approximate surface area is 177 Å². The quantitative estimate of drug-likeness (QED) is 0.589. The van der Waals surface area contributed by atoms with E-state index in [4.69, 9.17) is 10.5 Å². The zero-order chi connectivity index (χ0) is 22.1. The van der Waals surface area contributed by atoms with Crippen molar-refractivity contribution >= 4 is 17.9 Å². The molecule has 3 amide bonds. The number of carbonyl (C=O) groups excluding carboxylic acids is 3. The van der Waals surface area contributed by atoms with Gasteiger partial charge in [0.2, 0.25) is 11.8 Å². The zero-order valence-corrected chi connectivity index (χ0v) is 17.6. The standard InChI is InChI=1S/C23H29N3O4/c1-15(2)20(26-23(29)30-14-17-9-5-4-6-10-17)22(28)25-19(21(24)27)13-18-11-7-8-16(3)12-18/h4-12,15,19-20H,13-14H2,1-3H3,(H2,24,27)(H,25,28)(H,26,29)/t19-,20-/m1/s1. The Bertz CT molecular complexity index is 868. The van der Waals surface area contributed by atoms with E-state index in [9.17, 15) is 14.4 Å². The summed E-state index contributed by atoms with van der Waals surface area (Å²) >= 11 is 0. The maximum absolute atomic E-state index is 12.8. The van der Waals surface area contributed by atoms with E-state index in [2.05, 4.69) is 10.6 Å². The van der Waals surface area contributed by atoms with Crippen molar-refractivity contribution in [3.63, 3.8) is 0 Å². The largest absolute Gasteiger partial charge is 0.445 e. The fraction of sp³-hybridized carbons (Fsp3) is 0.348. The Morgan fingerprint density at radius 3 is 2.23 bits per heavy atom. The smallest absolute Gasteiger partial charge is 0.408 e. The molecule has 0 saturated carbocycles. The molecule has 0 aliphatic heterocycles. The van der Waals surface area contributed by atoms with E-state index in [1.165, 1.54) is 0 Å². The van der Waals surface area contributed by atoms with Gasteiger partial charge in [-0.05, 0) is 24.0 Å². The van der Waals surface area contributed by atoms with E-state index in [1.54, 1.807) is 13.8 Å². The molecule has 0 aliphatic rings. The lowest BCUT2D eigenvalue weighted by molar-refractivity contribution is -0.129. The van der Waals surface area contributed by atoms with Crippen molar-refractivity contribution in [1.82, 2.24) is 10.6 Å². The summed E-state index contributed by atoms with van der Waals surface area (Å²) in [6.07, 6.45) is -0.437. The first kappa shape index (κ1) is 22.9. The average molecular weight is 412 g/mol. The highest BCUT2D eigenvalue weighted by molar-refractivity contribution is 5.91. The van der Waals surface area contributed by atoms with Crippen LogP contribution >= 0.6 is 0 Å². The Hall–Kier alpha value is -3.35. The average Bonchev–Trinajstić information content (AvgIpc) is 2.70. The number of amides is 3. The molecular formula is C23H29N3O4. The molecule has 2 aromatic rings. The summed E-state index contributed by atoms with van der Waals surface area (Å²) in [5.41, 5.74) is 8.26. The van der Waals surface area contributed by atoms with Crippen LogP contribution in [0.3, 0.4) is 0 Å². The van der Waals surface area contributed by atoms with Crippen molar-refractivity contribution in [2.45, 2.75) is 45.9 Å². The van der Waals surface area contributed by atoms with E-state index in [0.29, 0.717) is 0 Å². The Morgan fingerprint density at radius 2 is 1.63 bits per heavy atom. The van der Waals surface area contributed by atoms with Gasteiger partial charge < -0.3 is 21.1 Å². The van der Waals surface area contributed by atoms with Crippen molar-refractivity contribution < 1.29 is 19.1 Å².